The molecule has 2 aliphatic rings. The predicted molar refractivity (Wildman–Crippen MR) is 93.3 cm³/mol. The summed E-state index contributed by atoms with van der Waals surface area (Å²) >= 11 is 0. The molecule has 5 heteroatoms. The molecular weight excluding hydrogens is 302 g/mol. The zero-order chi connectivity index (χ0) is 17.5. The third kappa shape index (κ3) is 3.27. The Morgan fingerprint density at radius 3 is 2.83 bits per heavy atom. The minimum absolute atomic E-state index is 0.0114. The quantitative estimate of drug-likeness (QED) is 0.863. The SMILES string of the molecule is CC(C)=C[C@@H]1[C@H](C(=O)N[C@@H]2CCO[C@H](c3cncn3C)C2)C1(C)C. The van der Waals surface area contributed by atoms with Crippen molar-refractivity contribution < 1.29 is 9.53 Å². The molecule has 3 rings (SSSR count). The van der Waals surface area contributed by atoms with E-state index in [0.717, 1.165) is 18.5 Å². The molecule has 1 saturated carbocycles. The molecule has 0 unspecified atom stereocenters. The lowest BCUT2D eigenvalue weighted by atomic mass is 10.0. The van der Waals surface area contributed by atoms with Crippen LogP contribution in [0.2, 0.25) is 0 Å². The first-order chi connectivity index (χ1) is 11.3. The van der Waals surface area contributed by atoms with Gasteiger partial charge in [0.15, 0.2) is 0 Å². The van der Waals surface area contributed by atoms with E-state index in [-0.39, 0.29) is 29.4 Å². The molecule has 0 spiro atoms. The Morgan fingerprint density at radius 1 is 1.46 bits per heavy atom. The summed E-state index contributed by atoms with van der Waals surface area (Å²) in [5.41, 5.74) is 2.42. The first-order valence-corrected chi connectivity index (χ1v) is 8.84. The van der Waals surface area contributed by atoms with E-state index in [1.807, 2.05) is 17.8 Å². The van der Waals surface area contributed by atoms with Crippen molar-refractivity contribution in [1.82, 2.24) is 14.9 Å². The molecule has 2 fully saturated rings. The van der Waals surface area contributed by atoms with E-state index in [4.69, 9.17) is 4.74 Å². The van der Waals surface area contributed by atoms with Crippen molar-refractivity contribution in [3.8, 4) is 0 Å². The largest absolute Gasteiger partial charge is 0.372 e. The normalized spacial score (nSPS) is 31.4. The van der Waals surface area contributed by atoms with Gasteiger partial charge >= 0.3 is 0 Å². The van der Waals surface area contributed by atoms with Gasteiger partial charge in [-0.05, 0) is 38.0 Å². The van der Waals surface area contributed by atoms with Crippen LogP contribution >= 0.6 is 0 Å². The minimum atomic E-state index is 0.0114. The highest BCUT2D eigenvalue weighted by Crippen LogP contribution is 2.59. The van der Waals surface area contributed by atoms with Gasteiger partial charge < -0.3 is 14.6 Å². The van der Waals surface area contributed by atoms with Crippen LogP contribution in [-0.2, 0) is 16.6 Å². The molecular formula is C19H29N3O2. The molecule has 2 heterocycles. The Balaban J connectivity index is 1.61. The van der Waals surface area contributed by atoms with Crippen LogP contribution in [0.4, 0.5) is 0 Å². The van der Waals surface area contributed by atoms with E-state index in [9.17, 15) is 4.79 Å². The molecule has 0 aromatic carbocycles. The lowest BCUT2D eigenvalue weighted by Crippen LogP contribution is -2.41. The summed E-state index contributed by atoms with van der Waals surface area (Å²) in [6, 6.07) is 0.176. The number of nitrogens with zero attached hydrogens (tertiary/aromatic N) is 2. The number of nitrogens with one attached hydrogen (secondary N) is 1. The molecule has 1 N–H and O–H groups in total. The van der Waals surface area contributed by atoms with E-state index >= 15 is 0 Å². The lowest BCUT2D eigenvalue weighted by molar-refractivity contribution is -0.125. The van der Waals surface area contributed by atoms with Crippen molar-refractivity contribution in [3.63, 3.8) is 0 Å². The number of hydrogen-bond acceptors (Lipinski definition) is 3. The fourth-order valence-electron chi connectivity index (χ4n) is 3.95. The van der Waals surface area contributed by atoms with Crippen LogP contribution in [0.15, 0.2) is 24.2 Å². The van der Waals surface area contributed by atoms with Crippen LogP contribution < -0.4 is 5.32 Å². The first kappa shape index (κ1) is 17.2. The molecule has 24 heavy (non-hydrogen) atoms. The highest BCUT2D eigenvalue weighted by molar-refractivity contribution is 5.84. The number of rotatable bonds is 4. The van der Waals surface area contributed by atoms with Gasteiger partial charge in [0.2, 0.25) is 5.91 Å². The van der Waals surface area contributed by atoms with Crippen molar-refractivity contribution in [3.05, 3.63) is 29.9 Å². The molecule has 1 amide bonds. The summed E-state index contributed by atoms with van der Waals surface area (Å²) in [4.78, 5) is 16.9. The number of carbonyl (C=O) groups excluding carboxylic acids is 1. The Hall–Kier alpha value is -1.62. The van der Waals surface area contributed by atoms with Gasteiger partial charge in [-0.2, -0.15) is 0 Å². The molecule has 1 aliphatic heterocycles. The number of aryl methyl sites for hydroxylation is 1. The van der Waals surface area contributed by atoms with Crippen molar-refractivity contribution >= 4 is 5.91 Å². The van der Waals surface area contributed by atoms with E-state index < -0.39 is 0 Å². The van der Waals surface area contributed by atoms with Crippen LogP contribution in [0.3, 0.4) is 0 Å². The van der Waals surface area contributed by atoms with Crippen molar-refractivity contribution in [2.24, 2.45) is 24.3 Å². The molecule has 1 aliphatic carbocycles. The average molecular weight is 331 g/mol. The molecule has 132 valence electrons. The Morgan fingerprint density at radius 2 is 2.21 bits per heavy atom. The molecule has 4 atom stereocenters. The second-order valence-electron chi connectivity index (χ2n) is 8.09. The third-order valence-electron chi connectivity index (χ3n) is 5.52. The van der Waals surface area contributed by atoms with Gasteiger partial charge in [-0.15, -0.1) is 0 Å². The number of aromatic nitrogens is 2. The molecule has 1 saturated heterocycles. The lowest BCUT2D eigenvalue weighted by Gasteiger charge is -2.30. The molecule has 1 aromatic rings. The molecule has 5 nitrogen and oxygen atoms in total. The number of imidazole rings is 1. The van der Waals surface area contributed by atoms with Crippen molar-refractivity contribution in [1.29, 1.82) is 0 Å². The van der Waals surface area contributed by atoms with Gasteiger partial charge in [0.1, 0.15) is 6.10 Å². The zero-order valence-electron chi connectivity index (χ0n) is 15.4. The Kier molecular flexibility index (Phi) is 4.56. The van der Waals surface area contributed by atoms with Crippen LogP contribution in [-0.4, -0.2) is 28.1 Å². The van der Waals surface area contributed by atoms with E-state index in [1.54, 1.807) is 6.33 Å². The summed E-state index contributed by atoms with van der Waals surface area (Å²) in [6.07, 6.45) is 7.58. The maximum absolute atomic E-state index is 12.7. The van der Waals surface area contributed by atoms with Crippen molar-refractivity contribution in [2.45, 2.75) is 52.7 Å². The van der Waals surface area contributed by atoms with Crippen molar-refractivity contribution in [2.75, 3.05) is 6.61 Å². The standard InChI is InChI=1S/C19H29N3O2/c1-12(2)8-14-17(19(14,3)4)18(23)21-13-6-7-24-16(9-13)15-10-20-11-22(15)5/h8,10-11,13-14,16-17H,6-7,9H2,1-5H3,(H,21,23)/t13-,14-,16+,17-/m1/s1. The summed E-state index contributed by atoms with van der Waals surface area (Å²) in [5.74, 6) is 0.638. The maximum Gasteiger partial charge on any atom is 0.224 e. The van der Waals surface area contributed by atoms with E-state index in [0.29, 0.717) is 12.5 Å². The first-order valence-electron chi connectivity index (χ1n) is 8.84. The second-order valence-corrected chi connectivity index (χ2v) is 8.09. The number of hydrogen-bond donors (Lipinski definition) is 1. The Bertz CT molecular complexity index is 643. The van der Waals surface area contributed by atoms with E-state index in [2.05, 4.69) is 44.1 Å². The van der Waals surface area contributed by atoms with Crippen LogP contribution in [0.25, 0.3) is 0 Å². The van der Waals surface area contributed by atoms with Gasteiger partial charge in [-0.1, -0.05) is 25.5 Å². The molecule has 0 bridgehead atoms. The summed E-state index contributed by atoms with van der Waals surface area (Å²) < 4.78 is 7.87. The third-order valence-corrected chi connectivity index (χ3v) is 5.52. The fraction of sp³-hybridized carbons (Fsp3) is 0.684. The fourth-order valence-corrected chi connectivity index (χ4v) is 3.95. The van der Waals surface area contributed by atoms with Gasteiger partial charge in [0.05, 0.1) is 24.1 Å². The summed E-state index contributed by atoms with van der Waals surface area (Å²) in [7, 11) is 1.98. The van der Waals surface area contributed by atoms with Gasteiger partial charge in [0, 0.05) is 19.7 Å². The summed E-state index contributed by atoms with van der Waals surface area (Å²) in [6.45, 7) is 9.24. The highest BCUT2D eigenvalue weighted by atomic mass is 16.5. The Labute approximate surface area is 144 Å². The number of amides is 1. The van der Waals surface area contributed by atoms with Gasteiger partial charge in [-0.3, -0.25) is 4.79 Å². The van der Waals surface area contributed by atoms with E-state index in [1.165, 1.54) is 5.57 Å². The highest BCUT2D eigenvalue weighted by Gasteiger charge is 2.60. The van der Waals surface area contributed by atoms with Crippen LogP contribution in [0.1, 0.15) is 52.3 Å². The monoisotopic (exact) mass is 331 g/mol. The number of carbonyl (C=O) groups is 1. The topological polar surface area (TPSA) is 56.1 Å². The maximum atomic E-state index is 12.7. The number of allylic oxidation sites excluding steroid dienone is 2. The zero-order valence-corrected chi connectivity index (χ0v) is 15.4. The van der Waals surface area contributed by atoms with Crippen LogP contribution in [0.5, 0.6) is 0 Å². The number of ether oxygens (including phenoxy) is 1. The predicted octanol–water partition coefficient (Wildman–Crippen LogP) is 2.99. The van der Waals surface area contributed by atoms with Crippen LogP contribution in [0, 0.1) is 17.3 Å². The molecule has 0 radical (unpaired) electrons. The second kappa shape index (κ2) is 6.36. The van der Waals surface area contributed by atoms with Gasteiger partial charge in [0.25, 0.3) is 0 Å². The minimum Gasteiger partial charge on any atom is -0.372 e. The molecule has 1 aromatic heterocycles. The summed E-state index contributed by atoms with van der Waals surface area (Å²) in [5, 5.41) is 3.27. The van der Waals surface area contributed by atoms with Gasteiger partial charge in [-0.25, -0.2) is 4.98 Å². The smallest absolute Gasteiger partial charge is 0.224 e. The average Bonchev–Trinajstić information content (AvgIpc) is 2.82.